The molecule has 122 valence electrons. The van der Waals surface area contributed by atoms with E-state index < -0.39 is 0 Å². The van der Waals surface area contributed by atoms with Crippen LogP contribution in [0, 0.1) is 11.8 Å². The van der Waals surface area contributed by atoms with Gasteiger partial charge in [-0.1, -0.05) is 25.4 Å². The molecule has 0 bridgehead atoms. The van der Waals surface area contributed by atoms with Crippen molar-refractivity contribution in [3.8, 4) is 0 Å². The lowest BCUT2D eigenvalue weighted by atomic mass is 9.92. The Kier molecular flexibility index (Phi) is 6.93. The number of thiocarbonyl (C=S) groups is 1. The number of nitrogens with one attached hydrogen (secondary N) is 2. The summed E-state index contributed by atoms with van der Waals surface area (Å²) in [7, 11) is 0. The van der Waals surface area contributed by atoms with E-state index in [0.717, 1.165) is 42.1 Å². The van der Waals surface area contributed by atoms with Gasteiger partial charge in [-0.15, -0.1) is 0 Å². The van der Waals surface area contributed by atoms with Gasteiger partial charge in [-0.25, -0.2) is 0 Å². The average Bonchev–Trinajstić information content (AvgIpc) is 2.45. The highest BCUT2D eigenvalue weighted by Gasteiger charge is 2.20. The van der Waals surface area contributed by atoms with Crippen LogP contribution in [0.15, 0.2) is 24.3 Å². The molecular formula is C17H26ClN3S. The van der Waals surface area contributed by atoms with Gasteiger partial charge in [0.25, 0.3) is 0 Å². The van der Waals surface area contributed by atoms with Crippen LogP contribution in [0.1, 0.15) is 26.7 Å². The van der Waals surface area contributed by atoms with Crippen molar-refractivity contribution < 1.29 is 0 Å². The molecule has 1 aliphatic rings. The second-order valence-corrected chi connectivity index (χ2v) is 7.29. The molecule has 1 aliphatic heterocycles. The van der Waals surface area contributed by atoms with Crippen molar-refractivity contribution in [3.05, 3.63) is 29.3 Å². The number of hydrogen-bond donors (Lipinski definition) is 2. The van der Waals surface area contributed by atoms with Crippen molar-refractivity contribution in [1.29, 1.82) is 0 Å². The topological polar surface area (TPSA) is 27.3 Å². The highest BCUT2D eigenvalue weighted by atomic mass is 35.5. The molecule has 1 aromatic carbocycles. The van der Waals surface area contributed by atoms with Crippen LogP contribution in [0.5, 0.6) is 0 Å². The molecule has 2 N–H and O–H groups in total. The molecule has 0 radical (unpaired) electrons. The lowest BCUT2D eigenvalue weighted by Gasteiger charge is -2.34. The molecule has 0 unspecified atom stereocenters. The molecule has 1 saturated heterocycles. The van der Waals surface area contributed by atoms with Crippen molar-refractivity contribution in [2.24, 2.45) is 11.8 Å². The van der Waals surface area contributed by atoms with Crippen LogP contribution in [-0.4, -0.2) is 36.2 Å². The molecule has 0 aliphatic carbocycles. The Bertz CT molecular complexity index is 467. The van der Waals surface area contributed by atoms with Crippen LogP contribution in [0.4, 0.5) is 5.69 Å². The highest BCUT2D eigenvalue weighted by molar-refractivity contribution is 7.80. The van der Waals surface area contributed by atoms with Crippen LogP contribution < -0.4 is 10.6 Å². The summed E-state index contributed by atoms with van der Waals surface area (Å²) in [6, 6.07) is 7.55. The van der Waals surface area contributed by atoms with Crippen LogP contribution in [0.3, 0.4) is 0 Å². The number of halogens is 1. The minimum Gasteiger partial charge on any atom is -0.362 e. The molecule has 1 fully saturated rings. The summed E-state index contributed by atoms with van der Waals surface area (Å²) in [5.74, 6) is 1.65. The van der Waals surface area contributed by atoms with Gasteiger partial charge in [0.1, 0.15) is 0 Å². The SMILES string of the molecule is C[C@H]1C[C@H](C)CN(CCCNC(=S)Nc2ccc(Cl)cc2)C1. The standard InChI is InChI=1S/C17H26ClN3S/c1-13-10-14(2)12-21(11-13)9-3-8-19-17(22)20-16-6-4-15(18)5-7-16/h4-7,13-14H,3,8-12H2,1-2H3,(H2,19,20,22)/t13-,14-/m0/s1. The van der Waals surface area contributed by atoms with Crippen LogP contribution in [0.2, 0.25) is 5.02 Å². The van der Waals surface area contributed by atoms with Gasteiger partial charge in [0.15, 0.2) is 5.11 Å². The van der Waals surface area contributed by atoms with E-state index in [1.54, 1.807) is 0 Å². The zero-order valence-corrected chi connectivity index (χ0v) is 15.0. The van der Waals surface area contributed by atoms with Gasteiger partial charge in [0, 0.05) is 30.3 Å². The fraction of sp³-hybridized carbons (Fsp3) is 0.588. The Morgan fingerprint density at radius 2 is 1.86 bits per heavy atom. The van der Waals surface area contributed by atoms with Gasteiger partial charge in [-0.2, -0.15) is 0 Å². The number of hydrogen-bond acceptors (Lipinski definition) is 2. The van der Waals surface area contributed by atoms with Crippen LogP contribution in [0.25, 0.3) is 0 Å². The van der Waals surface area contributed by atoms with Gasteiger partial charge in [0.2, 0.25) is 0 Å². The predicted molar refractivity (Wildman–Crippen MR) is 99.7 cm³/mol. The van der Waals surface area contributed by atoms with E-state index in [-0.39, 0.29) is 0 Å². The third kappa shape index (κ3) is 6.11. The molecule has 0 amide bonds. The van der Waals surface area contributed by atoms with Crippen molar-refractivity contribution in [3.63, 3.8) is 0 Å². The molecule has 3 nitrogen and oxygen atoms in total. The molecule has 2 rings (SSSR count). The van der Waals surface area contributed by atoms with Crippen molar-refractivity contribution in [1.82, 2.24) is 10.2 Å². The summed E-state index contributed by atoms with van der Waals surface area (Å²) in [5.41, 5.74) is 0.959. The fourth-order valence-electron chi connectivity index (χ4n) is 3.19. The summed E-state index contributed by atoms with van der Waals surface area (Å²) < 4.78 is 0. The van der Waals surface area contributed by atoms with E-state index in [1.165, 1.54) is 19.5 Å². The third-order valence-corrected chi connectivity index (χ3v) is 4.48. The molecular weight excluding hydrogens is 314 g/mol. The minimum absolute atomic E-state index is 0.669. The lowest BCUT2D eigenvalue weighted by molar-refractivity contribution is 0.140. The number of likely N-dealkylation sites (tertiary alicyclic amines) is 1. The molecule has 1 aromatic rings. The summed E-state index contributed by atoms with van der Waals surface area (Å²) in [6.45, 7) is 9.22. The van der Waals surface area contributed by atoms with E-state index in [1.807, 2.05) is 24.3 Å². The largest absolute Gasteiger partial charge is 0.362 e. The van der Waals surface area contributed by atoms with Crippen molar-refractivity contribution >= 4 is 34.6 Å². The van der Waals surface area contributed by atoms with Gasteiger partial charge in [0.05, 0.1) is 0 Å². The zero-order chi connectivity index (χ0) is 15.9. The Labute approximate surface area is 144 Å². The van der Waals surface area contributed by atoms with Crippen LogP contribution >= 0.6 is 23.8 Å². The summed E-state index contributed by atoms with van der Waals surface area (Å²) in [4.78, 5) is 2.58. The molecule has 1 heterocycles. The second-order valence-electron chi connectivity index (χ2n) is 6.45. The van der Waals surface area contributed by atoms with Gasteiger partial charge >= 0.3 is 0 Å². The van der Waals surface area contributed by atoms with Gasteiger partial charge < -0.3 is 15.5 Å². The first-order chi connectivity index (χ1) is 10.5. The molecule has 2 atom stereocenters. The lowest BCUT2D eigenvalue weighted by Crippen LogP contribution is -2.40. The number of piperidine rings is 1. The molecule has 22 heavy (non-hydrogen) atoms. The maximum absolute atomic E-state index is 5.86. The van der Waals surface area contributed by atoms with E-state index in [0.29, 0.717) is 5.11 Å². The van der Waals surface area contributed by atoms with Gasteiger partial charge in [-0.3, -0.25) is 0 Å². The average molecular weight is 340 g/mol. The Morgan fingerprint density at radius 3 is 2.50 bits per heavy atom. The predicted octanol–water partition coefficient (Wildman–Crippen LogP) is 3.99. The number of benzene rings is 1. The quantitative estimate of drug-likeness (QED) is 0.626. The van der Waals surface area contributed by atoms with E-state index in [4.69, 9.17) is 23.8 Å². The van der Waals surface area contributed by atoms with E-state index >= 15 is 0 Å². The summed E-state index contributed by atoms with van der Waals surface area (Å²) >= 11 is 11.2. The first-order valence-corrected chi connectivity index (χ1v) is 8.84. The first-order valence-electron chi connectivity index (χ1n) is 8.05. The maximum atomic E-state index is 5.86. The van der Waals surface area contributed by atoms with Crippen LogP contribution in [-0.2, 0) is 0 Å². The Morgan fingerprint density at radius 1 is 1.23 bits per heavy atom. The van der Waals surface area contributed by atoms with E-state index in [9.17, 15) is 0 Å². The summed E-state index contributed by atoms with van der Waals surface area (Å²) in [6.07, 6.45) is 2.48. The number of nitrogens with zero attached hydrogens (tertiary/aromatic N) is 1. The first kappa shape index (κ1) is 17.5. The highest BCUT2D eigenvalue weighted by Crippen LogP contribution is 2.20. The Balaban J connectivity index is 1.62. The fourth-order valence-corrected chi connectivity index (χ4v) is 3.53. The van der Waals surface area contributed by atoms with Crippen molar-refractivity contribution in [2.75, 3.05) is 31.5 Å². The molecule has 0 saturated carbocycles. The molecule has 5 heteroatoms. The smallest absolute Gasteiger partial charge is 0.170 e. The molecule has 0 spiro atoms. The second kappa shape index (κ2) is 8.70. The number of anilines is 1. The van der Waals surface area contributed by atoms with E-state index in [2.05, 4.69) is 29.4 Å². The normalized spacial score (nSPS) is 22.3. The van der Waals surface area contributed by atoms with Gasteiger partial charge in [-0.05, 0) is 67.7 Å². The number of rotatable bonds is 5. The zero-order valence-electron chi connectivity index (χ0n) is 13.4. The summed E-state index contributed by atoms with van der Waals surface area (Å²) in [5, 5.41) is 7.84. The Hall–Kier alpha value is -0.840. The minimum atomic E-state index is 0.669. The maximum Gasteiger partial charge on any atom is 0.170 e. The third-order valence-electron chi connectivity index (χ3n) is 3.98. The molecule has 0 aromatic heterocycles. The monoisotopic (exact) mass is 339 g/mol. The van der Waals surface area contributed by atoms with Crippen molar-refractivity contribution in [2.45, 2.75) is 26.7 Å².